The summed E-state index contributed by atoms with van der Waals surface area (Å²) < 4.78 is 50.5. The fraction of sp³-hybridized carbons (Fsp3) is 0.238. The number of rotatable bonds is 4. The number of hydrogen-bond donors (Lipinski definition) is 0. The van der Waals surface area contributed by atoms with Crippen molar-refractivity contribution in [3.8, 4) is 0 Å². The molecule has 0 saturated heterocycles. The first-order valence-electron chi connectivity index (χ1n) is 9.30. The molecule has 9 heteroatoms. The summed E-state index contributed by atoms with van der Waals surface area (Å²) in [6.45, 7) is 0. The van der Waals surface area contributed by atoms with E-state index in [2.05, 4.69) is 0 Å². The molecule has 2 aromatic rings. The van der Waals surface area contributed by atoms with Gasteiger partial charge in [-0.3, -0.25) is 9.59 Å². The molecular formula is C21H17ClO6S2. The zero-order valence-corrected chi connectivity index (χ0v) is 18.1. The number of carbonyl (C=O) groups excluding carboxylic acids is 2. The van der Waals surface area contributed by atoms with Gasteiger partial charge in [0.25, 0.3) is 0 Å². The van der Waals surface area contributed by atoms with Gasteiger partial charge in [-0.05, 0) is 49.1 Å². The number of carbonyl (C=O) groups is 2. The van der Waals surface area contributed by atoms with Crippen LogP contribution in [0.4, 0.5) is 0 Å². The van der Waals surface area contributed by atoms with E-state index in [4.69, 9.17) is 11.6 Å². The highest BCUT2D eigenvalue weighted by Gasteiger charge is 2.37. The maximum atomic E-state index is 13.3. The molecular weight excluding hydrogens is 448 g/mol. The molecule has 0 amide bonds. The number of Topliss-reactive ketones (excluding diaryl/α,β-unsaturated/α-hetero) is 2. The van der Waals surface area contributed by atoms with Crippen LogP contribution in [0.1, 0.15) is 35.2 Å². The van der Waals surface area contributed by atoms with Crippen molar-refractivity contribution in [1.82, 2.24) is 0 Å². The smallest absolute Gasteiger partial charge is 0.203 e. The number of sulfone groups is 2. The van der Waals surface area contributed by atoms with Gasteiger partial charge >= 0.3 is 0 Å². The van der Waals surface area contributed by atoms with Crippen LogP contribution in [0.3, 0.4) is 0 Å². The van der Waals surface area contributed by atoms with Crippen LogP contribution in [0.2, 0.25) is 5.02 Å². The van der Waals surface area contributed by atoms with E-state index in [1.54, 1.807) is 18.2 Å². The lowest BCUT2D eigenvalue weighted by molar-refractivity contribution is -0.115. The predicted octanol–water partition coefficient (Wildman–Crippen LogP) is 3.33. The van der Waals surface area contributed by atoms with E-state index >= 15 is 0 Å². The molecule has 2 aromatic carbocycles. The van der Waals surface area contributed by atoms with Gasteiger partial charge in [0.1, 0.15) is 0 Å². The molecule has 0 atom stereocenters. The van der Waals surface area contributed by atoms with E-state index in [1.807, 2.05) is 0 Å². The molecule has 0 saturated carbocycles. The van der Waals surface area contributed by atoms with Gasteiger partial charge in [0.2, 0.25) is 9.84 Å². The van der Waals surface area contributed by atoms with Crippen molar-refractivity contribution < 1.29 is 26.4 Å². The molecule has 4 rings (SSSR count). The Morgan fingerprint density at radius 2 is 1.67 bits per heavy atom. The molecule has 6 nitrogen and oxygen atoms in total. The minimum Gasteiger partial charge on any atom is -0.294 e. The maximum Gasteiger partial charge on any atom is 0.203 e. The Labute approximate surface area is 179 Å². The fourth-order valence-electron chi connectivity index (χ4n) is 3.86. The first kappa shape index (κ1) is 21.0. The summed E-state index contributed by atoms with van der Waals surface area (Å²) in [5.41, 5.74) is -0.106. The quantitative estimate of drug-likeness (QED) is 0.508. The van der Waals surface area contributed by atoms with Crippen LogP contribution in [0.25, 0.3) is 0 Å². The van der Waals surface area contributed by atoms with Crippen LogP contribution in [0.5, 0.6) is 0 Å². The summed E-state index contributed by atoms with van der Waals surface area (Å²) in [6.07, 6.45) is 0.625. The largest absolute Gasteiger partial charge is 0.294 e. The van der Waals surface area contributed by atoms with Gasteiger partial charge in [-0.2, -0.15) is 0 Å². The molecule has 30 heavy (non-hydrogen) atoms. The van der Waals surface area contributed by atoms with Gasteiger partial charge in [-0.25, -0.2) is 16.8 Å². The van der Waals surface area contributed by atoms with Gasteiger partial charge in [-0.15, -0.1) is 0 Å². The summed E-state index contributed by atoms with van der Waals surface area (Å²) in [7, 11) is -7.49. The summed E-state index contributed by atoms with van der Waals surface area (Å²) >= 11 is 6.35. The van der Waals surface area contributed by atoms with Crippen LogP contribution in [0.15, 0.2) is 62.7 Å². The van der Waals surface area contributed by atoms with Crippen LogP contribution >= 0.6 is 11.6 Å². The Kier molecular flexibility index (Phi) is 5.20. The zero-order chi connectivity index (χ0) is 21.7. The lowest BCUT2D eigenvalue weighted by Gasteiger charge is -2.19. The monoisotopic (exact) mass is 464 g/mol. The molecule has 0 spiro atoms. The normalized spacial score (nSPS) is 18.4. The maximum absolute atomic E-state index is 13.3. The average molecular weight is 465 g/mol. The molecule has 0 bridgehead atoms. The highest BCUT2D eigenvalue weighted by molar-refractivity contribution is 7.95. The standard InChI is InChI=1S/C21H17ClO6S2/c22-20-14-11-12-29(25,26)17(14)10-9-15(20)21(24)19-16(23)7-4-8-18(19)30(27,28)13-5-2-1-3-6-13/h1-3,5-6,9-10H,4,7-8,11-12H2. The third kappa shape index (κ3) is 3.33. The van der Waals surface area contributed by atoms with Crippen molar-refractivity contribution in [1.29, 1.82) is 0 Å². The molecule has 0 aromatic heterocycles. The van der Waals surface area contributed by atoms with Gasteiger partial charge in [0.05, 0.1) is 31.0 Å². The molecule has 0 radical (unpaired) electrons. The first-order valence-corrected chi connectivity index (χ1v) is 12.8. The number of fused-ring (bicyclic) bond motifs is 1. The molecule has 156 valence electrons. The highest BCUT2D eigenvalue weighted by Crippen LogP contribution is 2.37. The number of benzene rings is 2. The molecule has 1 aliphatic carbocycles. The Morgan fingerprint density at radius 1 is 0.967 bits per heavy atom. The predicted molar refractivity (Wildman–Crippen MR) is 111 cm³/mol. The second-order valence-corrected chi connectivity index (χ2v) is 11.6. The van der Waals surface area contributed by atoms with Gasteiger partial charge < -0.3 is 0 Å². The Morgan fingerprint density at radius 3 is 2.37 bits per heavy atom. The molecule has 1 aliphatic heterocycles. The minimum absolute atomic E-state index is 0.00569. The van der Waals surface area contributed by atoms with Gasteiger partial charge in [0, 0.05) is 12.0 Å². The van der Waals surface area contributed by atoms with Crippen molar-refractivity contribution in [2.75, 3.05) is 5.75 Å². The highest BCUT2D eigenvalue weighted by atomic mass is 35.5. The lowest BCUT2D eigenvalue weighted by atomic mass is 9.91. The van der Waals surface area contributed by atoms with Crippen LogP contribution in [-0.2, 0) is 30.9 Å². The fourth-order valence-corrected chi connectivity index (χ4v) is 7.50. The van der Waals surface area contributed by atoms with Crippen molar-refractivity contribution in [2.24, 2.45) is 0 Å². The third-order valence-electron chi connectivity index (χ3n) is 5.37. The van der Waals surface area contributed by atoms with E-state index in [0.717, 1.165) is 0 Å². The molecule has 0 unspecified atom stereocenters. The van der Waals surface area contributed by atoms with E-state index < -0.39 is 31.2 Å². The van der Waals surface area contributed by atoms with Crippen molar-refractivity contribution >= 4 is 42.8 Å². The lowest BCUT2D eigenvalue weighted by Crippen LogP contribution is -2.24. The van der Waals surface area contributed by atoms with Crippen LogP contribution < -0.4 is 0 Å². The number of hydrogen-bond acceptors (Lipinski definition) is 6. The Balaban J connectivity index is 1.89. The first-order chi connectivity index (χ1) is 14.1. The van der Waals surface area contributed by atoms with E-state index in [9.17, 15) is 26.4 Å². The van der Waals surface area contributed by atoms with Crippen LogP contribution in [-0.4, -0.2) is 34.2 Å². The van der Waals surface area contributed by atoms with Crippen molar-refractivity contribution in [3.05, 3.63) is 69.1 Å². The van der Waals surface area contributed by atoms with Gasteiger partial charge in [-0.1, -0.05) is 29.8 Å². The summed E-state index contributed by atoms with van der Waals surface area (Å²) in [5, 5.41) is -0.0408. The Bertz CT molecular complexity index is 1320. The van der Waals surface area contributed by atoms with Crippen molar-refractivity contribution in [3.63, 3.8) is 0 Å². The summed E-state index contributed by atoms with van der Waals surface area (Å²) in [6, 6.07) is 10.2. The molecule has 1 heterocycles. The number of halogens is 1. The second kappa shape index (κ2) is 7.44. The molecule has 0 N–H and O–H groups in total. The third-order valence-corrected chi connectivity index (χ3v) is 9.55. The minimum atomic E-state index is -4.04. The SMILES string of the molecule is O=C1CCCC(S(=O)(=O)c2ccccc2)=C1C(=O)c1ccc2c(c1Cl)CCS2(=O)=O. The topological polar surface area (TPSA) is 102 Å². The van der Waals surface area contributed by atoms with Crippen molar-refractivity contribution in [2.45, 2.75) is 35.5 Å². The Hall–Kier alpha value is -2.29. The average Bonchev–Trinajstić information content (AvgIpc) is 3.04. The number of allylic oxidation sites excluding steroid dienone is 2. The molecule has 0 fully saturated rings. The van der Waals surface area contributed by atoms with Gasteiger partial charge in [0.15, 0.2) is 21.4 Å². The van der Waals surface area contributed by atoms with Crippen LogP contribution in [0, 0.1) is 0 Å². The van der Waals surface area contributed by atoms with E-state index in [1.165, 1.54) is 24.3 Å². The second-order valence-electron chi connectivity index (χ2n) is 7.19. The molecule has 2 aliphatic rings. The summed E-state index contributed by atoms with van der Waals surface area (Å²) in [5.74, 6) is -1.44. The zero-order valence-electron chi connectivity index (χ0n) is 15.7. The number of ketones is 2. The van der Waals surface area contributed by atoms with E-state index in [-0.39, 0.29) is 55.9 Å². The van der Waals surface area contributed by atoms with E-state index in [0.29, 0.717) is 12.0 Å². The summed E-state index contributed by atoms with van der Waals surface area (Å²) in [4.78, 5) is 25.8.